The standard InChI is InChI=1S/C16H18N4O7/c1-17(4-5-18-6-7-26-16(18)23)14(21)9-19-12-8-11(20(24)25)2-3-13(12)27-10-15(19)22/h2-3,8H,4-7,9-10H2,1H3. The number of benzene rings is 1. The van der Waals surface area contributed by atoms with E-state index in [1.54, 1.807) is 7.05 Å². The molecule has 1 aromatic carbocycles. The highest BCUT2D eigenvalue weighted by Gasteiger charge is 2.30. The van der Waals surface area contributed by atoms with Gasteiger partial charge in [0.25, 0.3) is 11.6 Å². The Labute approximate surface area is 154 Å². The minimum Gasteiger partial charge on any atom is -0.482 e. The van der Waals surface area contributed by atoms with Crippen LogP contribution < -0.4 is 9.64 Å². The lowest BCUT2D eigenvalue weighted by Crippen LogP contribution is -2.46. The van der Waals surface area contributed by atoms with E-state index in [-0.39, 0.29) is 37.0 Å². The highest BCUT2D eigenvalue weighted by atomic mass is 16.6. The van der Waals surface area contributed by atoms with Crippen molar-refractivity contribution in [3.05, 3.63) is 28.3 Å². The number of carbonyl (C=O) groups excluding carboxylic acids is 3. The van der Waals surface area contributed by atoms with Crippen LogP contribution in [0.5, 0.6) is 5.75 Å². The molecule has 3 rings (SSSR count). The van der Waals surface area contributed by atoms with E-state index in [2.05, 4.69) is 0 Å². The molecule has 0 N–H and O–H groups in total. The predicted molar refractivity (Wildman–Crippen MR) is 91.5 cm³/mol. The Bertz CT molecular complexity index is 797. The van der Waals surface area contributed by atoms with E-state index in [0.29, 0.717) is 25.4 Å². The first-order chi connectivity index (χ1) is 12.9. The number of fused-ring (bicyclic) bond motifs is 1. The SMILES string of the molecule is CN(CCN1CCOC1=O)C(=O)CN1C(=O)COc2ccc([N+](=O)[O-])cc21. The van der Waals surface area contributed by atoms with Crippen molar-refractivity contribution >= 4 is 29.3 Å². The molecule has 0 aliphatic carbocycles. The van der Waals surface area contributed by atoms with Crippen molar-refractivity contribution in [3.63, 3.8) is 0 Å². The van der Waals surface area contributed by atoms with Crippen molar-refractivity contribution in [1.29, 1.82) is 0 Å². The molecule has 0 radical (unpaired) electrons. The van der Waals surface area contributed by atoms with Crippen LogP contribution in [0.25, 0.3) is 0 Å². The second kappa shape index (κ2) is 7.48. The van der Waals surface area contributed by atoms with Crippen molar-refractivity contribution in [1.82, 2.24) is 9.80 Å². The summed E-state index contributed by atoms with van der Waals surface area (Å²) in [7, 11) is 1.56. The van der Waals surface area contributed by atoms with Gasteiger partial charge >= 0.3 is 6.09 Å². The number of nitrogens with zero attached hydrogens (tertiary/aromatic N) is 4. The molecule has 2 aliphatic heterocycles. The van der Waals surface area contributed by atoms with Gasteiger partial charge in [-0.15, -0.1) is 0 Å². The minimum absolute atomic E-state index is 0.185. The summed E-state index contributed by atoms with van der Waals surface area (Å²) in [5.74, 6) is -0.529. The van der Waals surface area contributed by atoms with Gasteiger partial charge < -0.3 is 19.3 Å². The van der Waals surface area contributed by atoms with Crippen LogP contribution in [0.4, 0.5) is 16.2 Å². The first-order valence-electron chi connectivity index (χ1n) is 8.24. The van der Waals surface area contributed by atoms with Crippen LogP contribution in [0.15, 0.2) is 18.2 Å². The monoisotopic (exact) mass is 378 g/mol. The van der Waals surface area contributed by atoms with Crippen molar-refractivity contribution in [2.24, 2.45) is 0 Å². The summed E-state index contributed by atoms with van der Waals surface area (Å²) in [5.41, 5.74) is -0.0179. The van der Waals surface area contributed by atoms with Crippen LogP contribution in [0, 0.1) is 10.1 Å². The fraction of sp³-hybridized carbons (Fsp3) is 0.438. The smallest absolute Gasteiger partial charge is 0.409 e. The number of ether oxygens (including phenoxy) is 2. The van der Waals surface area contributed by atoms with Gasteiger partial charge in [-0.25, -0.2) is 4.79 Å². The van der Waals surface area contributed by atoms with Gasteiger partial charge in [0.1, 0.15) is 18.9 Å². The van der Waals surface area contributed by atoms with E-state index < -0.39 is 16.9 Å². The molecule has 1 fully saturated rings. The van der Waals surface area contributed by atoms with Gasteiger partial charge in [-0.05, 0) is 6.07 Å². The zero-order valence-corrected chi connectivity index (χ0v) is 14.6. The molecule has 0 saturated carbocycles. The summed E-state index contributed by atoms with van der Waals surface area (Å²) < 4.78 is 10.1. The first kappa shape index (κ1) is 18.4. The molecule has 144 valence electrons. The van der Waals surface area contributed by atoms with E-state index in [1.807, 2.05) is 0 Å². The average Bonchev–Trinajstić information content (AvgIpc) is 3.06. The molecule has 3 amide bonds. The molecular weight excluding hydrogens is 360 g/mol. The third kappa shape index (κ3) is 3.91. The zero-order chi connectivity index (χ0) is 19.6. The van der Waals surface area contributed by atoms with Gasteiger partial charge in [0.2, 0.25) is 5.91 Å². The number of cyclic esters (lactones) is 1. The van der Waals surface area contributed by atoms with E-state index >= 15 is 0 Å². The van der Waals surface area contributed by atoms with Crippen molar-refractivity contribution in [3.8, 4) is 5.75 Å². The zero-order valence-electron chi connectivity index (χ0n) is 14.6. The maximum absolute atomic E-state index is 12.5. The summed E-state index contributed by atoms with van der Waals surface area (Å²) in [4.78, 5) is 50.6. The lowest BCUT2D eigenvalue weighted by atomic mass is 10.2. The van der Waals surface area contributed by atoms with E-state index in [9.17, 15) is 24.5 Å². The second-order valence-electron chi connectivity index (χ2n) is 6.09. The number of likely N-dealkylation sites (N-methyl/N-ethyl adjacent to an activating group) is 1. The molecule has 0 bridgehead atoms. The summed E-state index contributed by atoms with van der Waals surface area (Å²) in [6.45, 7) is 0.862. The maximum atomic E-state index is 12.5. The number of anilines is 1. The highest BCUT2D eigenvalue weighted by molar-refractivity contribution is 6.02. The van der Waals surface area contributed by atoms with E-state index in [4.69, 9.17) is 9.47 Å². The summed E-state index contributed by atoms with van der Waals surface area (Å²) in [5, 5.41) is 11.0. The Morgan fingerprint density at radius 2 is 2.11 bits per heavy atom. The van der Waals surface area contributed by atoms with Gasteiger partial charge in [0, 0.05) is 32.3 Å². The quantitative estimate of drug-likeness (QED) is 0.513. The van der Waals surface area contributed by atoms with E-state index in [0.717, 1.165) is 0 Å². The van der Waals surface area contributed by atoms with Gasteiger partial charge in [-0.2, -0.15) is 0 Å². The topological polar surface area (TPSA) is 123 Å². The average molecular weight is 378 g/mol. The largest absolute Gasteiger partial charge is 0.482 e. The Hall–Kier alpha value is -3.37. The summed E-state index contributed by atoms with van der Waals surface area (Å²) in [6.07, 6.45) is -0.416. The molecule has 11 nitrogen and oxygen atoms in total. The molecule has 0 spiro atoms. The van der Waals surface area contributed by atoms with Crippen molar-refractivity contribution in [2.75, 3.05) is 51.3 Å². The number of amides is 3. The molecule has 0 unspecified atom stereocenters. The Morgan fingerprint density at radius 1 is 1.33 bits per heavy atom. The van der Waals surface area contributed by atoms with Gasteiger partial charge in [0.15, 0.2) is 6.61 Å². The summed E-state index contributed by atoms with van der Waals surface area (Å²) >= 11 is 0. The number of rotatable bonds is 6. The number of nitro groups is 1. The number of hydrogen-bond acceptors (Lipinski definition) is 7. The Morgan fingerprint density at radius 3 is 2.78 bits per heavy atom. The summed E-state index contributed by atoms with van der Waals surface area (Å²) in [6, 6.07) is 3.88. The van der Waals surface area contributed by atoms with Crippen LogP contribution in [-0.2, 0) is 14.3 Å². The lowest BCUT2D eigenvalue weighted by Gasteiger charge is -2.30. The van der Waals surface area contributed by atoms with Crippen LogP contribution in [-0.4, -0.2) is 79.1 Å². The van der Waals surface area contributed by atoms with Gasteiger partial charge in [-0.3, -0.25) is 24.6 Å². The molecule has 0 atom stereocenters. The van der Waals surface area contributed by atoms with Crippen LogP contribution in [0.3, 0.4) is 0 Å². The first-order valence-corrected chi connectivity index (χ1v) is 8.24. The fourth-order valence-corrected chi connectivity index (χ4v) is 2.76. The minimum atomic E-state index is -0.583. The molecular formula is C16H18N4O7. The predicted octanol–water partition coefficient (Wildman–Crippen LogP) is 0.231. The Balaban J connectivity index is 1.68. The number of non-ortho nitro benzene ring substituents is 1. The number of carbonyl (C=O) groups is 3. The second-order valence-corrected chi connectivity index (χ2v) is 6.09. The van der Waals surface area contributed by atoms with Crippen molar-refractivity contribution < 1.29 is 28.8 Å². The molecule has 27 heavy (non-hydrogen) atoms. The van der Waals surface area contributed by atoms with Crippen LogP contribution >= 0.6 is 0 Å². The van der Waals surface area contributed by atoms with Crippen LogP contribution in [0.2, 0.25) is 0 Å². The van der Waals surface area contributed by atoms with Crippen LogP contribution in [0.1, 0.15) is 0 Å². The third-order valence-corrected chi connectivity index (χ3v) is 4.37. The van der Waals surface area contributed by atoms with Gasteiger partial charge in [0.05, 0.1) is 17.2 Å². The third-order valence-electron chi connectivity index (χ3n) is 4.37. The van der Waals surface area contributed by atoms with Crippen molar-refractivity contribution in [2.45, 2.75) is 0 Å². The van der Waals surface area contributed by atoms with Gasteiger partial charge in [-0.1, -0.05) is 0 Å². The van der Waals surface area contributed by atoms with E-state index in [1.165, 1.54) is 32.9 Å². The molecule has 1 saturated heterocycles. The molecule has 2 aliphatic rings. The fourth-order valence-electron chi connectivity index (χ4n) is 2.76. The molecule has 11 heteroatoms. The normalized spacial score (nSPS) is 15.9. The maximum Gasteiger partial charge on any atom is 0.409 e. The number of hydrogen-bond donors (Lipinski definition) is 0. The number of nitro benzene ring substituents is 1. The molecule has 2 heterocycles. The molecule has 1 aromatic rings. The lowest BCUT2D eigenvalue weighted by molar-refractivity contribution is -0.384. The molecule has 0 aromatic heterocycles. The Kier molecular flexibility index (Phi) is 5.10. The highest BCUT2D eigenvalue weighted by Crippen LogP contribution is 2.35.